The van der Waals surface area contributed by atoms with E-state index in [2.05, 4.69) is 10.4 Å². The van der Waals surface area contributed by atoms with Gasteiger partial charge in [0.05, 0.1) is 33.1 Å². The quantitative estimate of drug-likeness (QED) is 0.338. The van der Waals surface area contributed by atoms with Gasteiger partial charge in [-0.25, -0.2) is 4.68 Å². The van der Waals surface area contributed by atoms with Crippen molar-refractivity contribution in [1.82, 2.24) is 19.7 Å². The van der Waals surface area contributed by atoms with Gasteiger partial charge < -0.3 is 15.0 Å². The smallest absolute Gasteiger partial charge is 0.433 e. The number of fused-ring (bicyclic) bond motifs is 1. The number of halogens is 3. The van der Waals surface area contributed by atoms with Crippen LogP contribution in [0.15, 0.2) is 48.0 Å². The number of amides is 1. The van der Waals surface area contributed by atoms with Crippen LogP contribution < -0.4 is 5.32 Å². The molecular weight excluding hydrogens is 505 g/mol. The fourth-order valence-corrected chi connectivity index (χ4v) is 5.83. The lowest BCUT2D eigenvalue weighted by Gasteiger charge is -2.26. The molecule has 4 aromatic rings. The number of carboxylic acid groups (broad SMARTS) is 1. The van der Waals surface area contributed by atoms with Crippen LogP contribution in [0.2, 0.25) is 0 Å². The molecule has 0 radical (unpaired) electrons. The SMILES string of the molecule is Cc1cc(C(F)(F)F)n(-c2ccc(Cn3ccc4scc(C(=O)NC5CCC(C(=O)O)CC5)c43)cc2)n1. The van der Waals surface area contributed by atoms with Gasteiger partial charge in [-0.2, -0.15) is 18.3 Å². The number of alkyl halides is 3. The lowest BCUT2D eigenvalue weighted by molar-refractivity contribution is -0.143. The molecule has 0 aliphatic heterocycles. The summed E-state index contributed by atoms with van der Waals surface area (Å²) in [6, 6.07) is 9.62. The van der Waals surface area contributed by atoms with E-state index in [1.807, 2.05) is 22.2 Å². The molecule has 1 aliphatic carbocycles. The van der Waals surface area contributed by atoms with Crippen molar-refractivity contribution in [3.8, 4) is 5.69 Å². The summed E-state index contributed by atoms with van der Waals surface area (Å²) in [6.45, 7) is 1.96. The minimum Gasteiger partial charge on any atom is -0.481 e. The third-order valence-electron chi connectivity index (χ3n) is 6.80. The largest absolute Gasteiger partial charge is 0.481 e. The average molecular weight is 531 g/mol. The number of aliphatic carboxylic acids is 1. The molecule has 3 aromatic heterocycles. The van der Waals surface area contributed by atoms with Crippen molar-refractivity contribution >= 4 is 33.4 Å². The summed E-state index contributed by atoms with van der Waals surface area (Å²) in [4.78, 5) is 24.3. The first-order chi connectivity index (χ1) is 17.6. The number of thiophene rings is 1. The lowest BCUT2D eigenvalue weighted by atomic mass is 9.86. The Kier molecular flexibility index (Phi) is 6.57. The number of nitrogens with zero attached hydrogens (tertiary/aromatic N) is 3. The number of hydrogen-bond acceptors (Lipinski definition) is 4. The second kappa shape index (κ2) is 9.70. The third kappa shape index (κ3) is 5.13. The minimum absolute atomic E-state index is 0.0541. The maximum Gasteiger partial charge on any atom is 0.433 e. The molecule has 1 saturated carbocycles. The van der Waals surface area contributed by atoms with Crippen LogP contribution in [-0.4, -0.2) is 37.4 Å². The Hall–Kier alpha value is -3.60. The molecule has 2 N–H and O–H groups in total. The Morgan fingerprint density at radius 1 is 1.14 bits per heavy atom. The van der Waals surface area contributed by atoms with E-state index in [9.17, 15) is 27.9 Å². The lowest BCUT2D eigenvalue weighted by Crippen LogP contribution is -2.38. The van der Waals surface area contributed by atoms with Crippen molar-refractivity contribution in [2.24, 2.45) is 5.92 Å². The average Bonchev–Trinajstić information content (AvgIpc) is 3.56. The summed E-state index contributed by atoms with van der Waals surface area (Å²) in [5.74, 6) is -1.31. The van der Waals surface area contributed by atoms with E-state index < -0.39 is 17.8 Å². The van der Waals surface area contributed by atoms with Crippen LogP contribution in [0, 0.1) is 12.8 Å². The molecule has 1 amide bonds. The Morgan fingerprint density at radius 3 is 2.49 bits per heavy atom. The summed E-state index contributed by atoms with van der Waals surface area (Å²) in [6.07, 6.45) is -0.252. The molecule has 7 nitrogen and oxygen atoms in total. The van der Waals surface area contributed by atoms with Gasteiger partial charge in [0.25, 0.3) is 5.91 Å². The number of rotatable bonds is 6. The first kappa shape index (κ1) is 25.1. The first-order valence-corrected chi connectivity index (χ1v) is 12.8. The predicted octanol–water partition coefficient (Wildman–Crippen LogP) is 5.64. The zero-order valence-electron chi connectivity index (χ0n) is 20.0. The van der Waals surface area contributed by atoms with Gasteiger partial charge in [-0.05, 0) is 62.4 Å². The van der Waals surface area contributed by atoms with Gasteiger partial charge in [0.2, 0.25) is 0 Å². The van der Waals surface area contributed by atoms with Crippen LogP contribution in [0.5, 0.6) is 0 Å². The Balaban J connectivity index is 1.32. The van der Waals surface area contributed by atoms with Crippen LogP contribution in [0.3, 0.4) is 0 Å². The molecule has 0 bridgehead atoms. The zero-order valence-corrected chi connectivity index (χ0v) is 20.8. The van der Waals surface area contributed by atoms with Crippen LogP contribution >= 0.6 is 11.3 Å². The molecular formula is C26H25F3N4O3S. The van der Waals surface area contributed by atoms with Gasteiger partial charge >= 0.3 is 12.1 Å². The Bertz CT molecular complexity index is 1440. The van der Waals surface area contributed by atoms with Crippen molar-refractivity contribution in [3.05, 3.63) is 70.5 Å². The molecule has 37 heavy (non-hydrogen) atoms. The third-order valence-corrected chi connectivity index (χ3v) is 7.73. The highest BCUT2D eigenvalue weighted by Crippen LogP contribution is 2.32. The van der Waals surface area contributed by atoms with E-state index in [0.717, 1.165) is 26.5 Å². The summed E-state index contributed by atoms with van der Waals surface area (Å²) >= 11 is 1.47. The molecule has 5 rings (SSSR count). The van der Waals surface area contributed by atoms with E-state index in [1.54, 1.807) is 24.3 Å². The standard InChI is InChI=1S/C26H25F3N4O3S/c1-15-12-22(26(27,28)29)33(31-15)19-8-2-16(3-9-19)13-32-11-10-21-23(32)20(14-37-21)24(34)30-18-6-4-17(5-7-18)25(35)36/h2-3,8-12,14,17-18H,4-7,13H2,1H3,(H,30,34)(H,35,36). The van der Waals surface area contributed by atoms with Gasteiger partial charge in [-0.15, -0.1) is 11.3 Å². The van der Waals surface area contributed by atoms with E-state index in [1.165, 1.54) is 18.3 Å². The molecule has 11 heteroatoms. The maximum absolute atomic E-state index is 13.4. The van der Waals surface area contributed by atoms with Gasteiger partial charge in [0, 0.05) is 24.2 Å². The topological polar surface area (TPSA) is 89.2 Å². The fraction of sp³-hybridized carbons (Fsp3) is 0.346. The fourth-order valence-electron chi connectivity index (χ4n) is 4.89. The zero-order chi connectivity index (χ0) is 26.3. The number of aromatic nitrogens is 3. The van der Waals surface area contributed by atoms with Gasteiger partial charge in [-0.1, -0.05) is 12.1 Å². The minimum atomic E-state index is -4.51. The highest BCUT2D eigenvalue weighted by Gasteiger charge is 2.36. The van der Waals surface area contributed by atoms with Crippen molar-refractivity contribution in [3.63, 3.8) is 0 Å². The number of carbonyl (C=O) groups is 2. The van der Waals surface area contributed by atoms with Gasteiger partial charge in [0.1, 0.15) is 5.69 Å². The van der Waals surface area contributed by atoms with Crippen molar-refractivity contribution in [1.29, 1.82) is 0 Å². The molecule has 1 fully saturated rings. The van der Waals surface area contributed by atoms with Crippen LogP contribution in [-0.2, 0) is 17.5 Å². The number of nitrogens with one attached hydrogen (secondary N) is 1. The second-order valence-electron chi connectivity index (χ2n) is 9.41. The van der Waals surface area contributed by atoms with Gasteiger partial charge in [-0.3, -0.25) is 9.59 Å². The molecule has 0 saturated heterocycles. The first-order valence-electron chi connectivity index (χ1n) is 11.9. The monoisotopic (exact) mass is 530 g/mol. The van der Waals surface area contributed by atoms with Crippen LogP contribution in [0.4, 0.5) is 13.2 Å². The van der Waals surface area contributed by atoms with E-state index in [0.29, 0.717) is 43.5 Å². The summed E-state index contributed by atoms with van der Waals surface area (Å²) in [7, 11) is 0. The summed E-state index contributed by atoms with van der Waals surface area (Å²) in [5, 5.41) is 18.1. The molecule has 0 unspecified atom stereocenters. The Labute approximate surface area is 214 Å². The second-order valence-corrected chi connectivity index (χ2v) is 10.3. The summed E-state index contributed by atoms with van der Waals surface area (Å²) < 4.78 is 43.9. The maximum atomic E-state index is 13.4. The van der Waals surface area contributed by atoms with Crippen molar-refractivity contribution in [2.75, 3.05) is 0 Å². The molecule has 0 spiro atoms. The normalized spacial score (nSPS) is 18.3. The number of hydrogen-bond donors (Lipinski definition) is 2. The van der Waals surface area contributed by atoms with Crippen molar-refractivity contribution in [2.45, 2.75) is 51.4 Å². The highest BCUT2D eigenvalue weighted by molar-refractivity contribution is 7.17. The highest BCUT2D eigenvalue weighted by atomic mass is 32.1. The number of carboxylic acids is 1. The van der Waals surface area contributed by atoms with E-state index in [4.69, 9.17) is 0 Å². The van der Waals surface area contributed by atoms with E-state index >= 15 is 0 Å². The molecule has 1 aromatic carbocycles. The Morgan fingerprint density at radius 2 is 1.84 bits per heavy atom. The number of benzene rings is 1. The van der Waals surface area contributed by atoms with Crippen molar-refractivity contribution < 1.29 is 27.9 Å². The van der Waals surface area contributed by atoms with Crippen LogP contribution in [0.25, 0.3) is 15.9 Å². The predicted molar refractivity (Wildman–Crippen MR) is 133 cm³/mol. The van der Waals surface area contributed by atoms with Gasteiger partial charge in [0.15, 0.2) is 0 Å². The molecule has 194 valence electrons. The number of carbonyl (C=O) groups excluding carboxylic acids is 1. The molecule has 0 atom stereocenters. The van der Waals surface area contributed by atoms with E-state index in [-0.39, 0.29) is 23.6 Å². The summed E-state index contributed by atoms with van der Waals surface area (Å²) in [5.41, 5.74) is 1.99. The van der Waals surface area contributed by atoms with Crippen LogP contribution in [0.1, 0.15) is 53.0 Å². The molecule has 1 aliphatic rings. The molecule has 3 heterocycles. The number of aryl methyl sites for hydroxylation is 1.